The summed E-state index contributed by atoms with van der Waals surface area (Å²) in [5, 5.41) is 9.36. The first-order chi connectivity index (χ1) is 10.2. The molecule has 1 aromatic carbocycles. The van der Waals surface area contributed by atoms with Crippen molar-refractivity contribution in [3.63, 3.8) is 0 Å². The minimum absolute atomic E-state index is 0.0427. The summed E-state index contributed by atoms with van der Waals surface area (Å²) in [6.07, 6.45) is 1.81. The fourth-order valence-corrected chi connectivity index (χ4v) is 2.69. The lowest BCUT2D eigenvalue weighted by Gasteiger charge is -2.32. The molecule has 0 aromatic heterocycles. The monoisotopic (exact) mass is 291 g/mol. The molecule has 0 atom stereocenters. The van der Waals surface area contributed by atoms with Crippen LogP contribution in [0.15, 0.2) is 24.3 Å². The van der Waals surface area contributed by atoms with Gasteiger partial charge in [0.25, 0.3) is 0 Å². The van der Waals surface area contributed by atoms with Gasteiger partial charge in [0.2, 0.25) is 6.41 Å². The van der Waals surface area contributed by atoms with Gasteiger partial charge in [-0.05, 0) is 26.1 Å². The van der Waals surface area contributed by atoms with Crippen LogP contribution in [0.5, 0.6) is 0 Å². The third-order valence-electron chi connectivity index (χ3n) is 4.07. The molecule has 5 nitrogen and oxygen atoms in total. The van der Waals surface area contributed by atoms with Gasteiger partial charge in [-0.25, -0.2) is 0 Å². The number of benzene rings is 1. The number of para-hydroxylation sites is 1. The molecule has 2 rings (SSSR count). The van der Waals surface area contributed by atoms with E-state index in [1.54, 1.807) is 4.90 Å². The molecule has 0 aliphatic carbocycles. The average molecular weight is 291 g/mol. The van der Waals surface area contributed by atoms with E-state index in [-0.39, 0.29) is 6.61 Å². The van der Waals surface area contributed by atoms with Crippen LogP contribution in [-0.2, 0) is 11.4 Å². The number of amides is 1. The van der Waals surface area contributed by atoms with E-state index in [0.29, 0.717) is 6.54 Å². The maximum atomic E-state index is 11.3. The molecule has 0 spiro atoms. The van der Waals surface area contributed by atoms with Crippen LogP contribution in [-0.4, -0.2) is 67.6 Å². The highest BCUT2D eigenvalue weighted by molar-refractivity contribution is 5.76. The Kier molecular flexibility index (Phi) is 6.17. The number of aliphatic hydroxyl groups excluding tert-OH is 1. The fraction of sp³-hybridized carbons (Fsp3) is 0.562. The molecular weight excluding hydrogens is 266 g/mol. The first kappa shape index (κ1) is 15.9. The SMILES string of the molecule is CN1CCN(CCCN(C=O)c2ccccc2CO)CC1. The predicted octanol–water partition coefficient (Wildman–Crippen LogP) is 0.779. The molecule has 5 heteroatoms. The topological polar surface area (TPSA) is 47.0 Å². The van der Waals surface area contributed by atoms with E-state index in [2.05, 4.69) is 16.8 Å². The first-order valence-electron chi connectivity index (χ1n) is 7.56. The number of likely N-dealkylation sites (N-methyl/N-ethyl adjacent to an activating group) is 1. The molecule has 0 saturated carbocycles. The van der Waals surface area contributed by atoms with E-state index in [4.69, 9.17) is 0 Å². The van der Waals surface area contributed by atoms with Crippen molar-refractivity contribution >= 4 is 12.1 Å². The average Bonchev–Trinajstić information content (AvgIpc) is 2.53. The highest BCUT2D eigenvalue weighted by Gasteiger charge is 2.14. The maximum absolute atomic E-state index is 11.3. The molecule has 1 N–H and O–H groups in total. The lowest BCUT2D eigenvalue weighted by atomic mass is 10.1. The Morgan fingerprint density at radius 3 is 2.62 bits per heavy atom. The smallest absolute Gasteiger partial charge is 0.214 e. The Morgan fingerprint density at radius 2 is 1.95 bits per heavy atom. The van der Waals surface area contributed by atoms with E-state index < -0.39 is 0 Å². The van der Waals surface area contributed by atoms with Crippen molar-refractivity contribution < 1.29 is 9.90 Å². The van der Waals surface area contributed by atoms with Crippen LogP contribution in [0.25, 0.3) is 0 Å². The van der Waals surface area contributed by atoms with Gasteiger partial charge >= 0.3 is 0 Å². The van der Waals surface area contributed by atoms with Gasteiger partial charge < -0.3 is 19.8 Å². The van der Waals surface area contributed by atoms with Crippen molar-refractivity contribution in [3.8, 4) is 0 Å². The molecule has 1 fully saturated rings. The minimum Gasteiger partial charge on any atom is -0.392 e. The van der Waals surface area contributed by atoms with Crippen LogP contribution in [0.4, 0.5) is 5.69 Å². The number of piperazine rings is 1. The Balaban J connectivity index is 1.84. The van der Waals surface area contributed by atoms with E-state index in [9.17, 15) is 9.90 Å². The Morgan fingerprint density at radius 1 is 1.24 bits per heavy atom. The third-order valence-corrected chi connectivity index (χ3v) is 4.07. The molecule has 21 heavy (non-hydrogen) atoms. The highest BCUT2D eigenvalue weighted by Crippen LogP contribution is 2.19. The second-order valence-corrected chi connectivity index (χ2v) is 5.58. The van der Waals surface area contributed by atoms with Crippen LogP contribution in [0.1, 0.15) is 12.0 Å². The number of rotatable bonds is 7. The van der Waals surface area contributed by atoms with Crippen molar-refractivity contribution in [1.29, 1.82) is 0 Å². The van der Waals surface area contributed by atoms with Crippen LogP contribution < -0.4 is 4.90 Å². The molecule has 1 saturated heterocycles. The molecule has 1 heterocycles. The number of anilines is 1. The molecule has 1 aliphatic heterocycles. The van der Waals surface area contributed by atoms with Crippen molar-refractivity contribution in [2.45, 2.75) is 13.0 Å². The van der Waals surface area contributed by atoms with Crippen molar-refractivity contribution in [3.05, 3.63) is 29.8 Å². The van der Waals surface area contributed by atoms with Crippen LogP contribution in [0.2, 0.25) is 0 Å². The molecule has 0 bridgehead atoms. The molecular formula is C16H25N3O2. The molecule has 0 radical (unpaired) electrons. The lowest BCUT2D eigenvalue weighted by Crippen LogP contribution is -2.45. The number of hydrogen-bond donors (Lipinski definition) is 1. The first-order valence-corrected chi connectivity index (χ1v) is 7.56. The summed E-state index contributed by atoms with van der Waals surface area (Å²) >= 11 is 0. The van der Waals surface area contributed by atoms with E-state index in [1.807, 2.05) is 24.3 Å². The lowest BCUT2D eigenvalue weighted by molar-refractivity contribution is -0.107. The molecule has 116 valence electrons. The van der Waals surface area contributed by atoms with Crippen molar-refractivity contribution in [1.82, 2.24) is 9.80 Å². The second-order valence-electron chi connectivity index (χ2n) is 5.58. The molecule has 1 aromatic rings. The van der Waals surface area contributed by atoms with Gasteiger partial charge in [0.1, 0.15) is 0 Å². The van der Waals surface area contributed by atoms with E-state index in [0.717, 1.165) is 56.8 Å². The predicted molar refractivity (Wildman–Crippen MR) is 84.3 cm³/mol. The summed E-state index contributed by atoms with van der Waals surface area (Å²) < 4.78 is 0. The van der Waals surface area contributed by atoms with Gasteiger partial charge in [0.05, 0.1) is 6.61 Å². The zero-order chi connectivity index (χ0) is 15.1. The summed E-state index contributed by atoms with van der Waals surface area (Å²) in [7, 11) is 2.15. The molecule has 1 amide bonds. The minimum atomic E-state index is -0.0427. The maximum Gasteiger partial charge on any atom is 0.214 e. The number of carbonyl (C=O) groups excluding carboxylic acids is 1. The zero-order valence-electron chi connectivity index (χ0n) is 12.7. The van der Waals surface area contributed by atoms with Gasteiger partial charge in [-0.2, -0.15) is 0 Å². The van der Waals surface area contributed by atoms with Gasteiger partial charge in [0, 0.05) is 44.0 Å². The summed E-state index contributed by atoms with van der Waals surface area (Å²) in [5.41, 5.74) is 1.61. The third kappa shape index (κ3) is 4.52. The Bertz CT molecular complexity index is 445. The fourth-order valence-electron chi connectivity index (χ4n) is 2.69. The normalized spacial score (nSPS) is 16.9. The second kappa shape index (κ2) is 8.12. The number of hydrogen-bond acceptors (Lipinski definition) is 4. The largest absolute Gasteiger partial charge is 0.392 e. The highest BCUT2D eigenvalue weighted by atomic mass is 16.3. The van der Waals surface area contributed by atoms with Crippen LogP contribution >= 0.6 is 0 Å². The summed E-state index contributed by atoms with van der Waals surface area (Å²) in [6.45, 7) is 6.09. The van der Waals surface area contributed by atoms with Crippen molar-refractivity contribution in [2.75, 3.05) is 51.2 Å². The standard InChI is InChI=1S/C16H25N3O2/c1-17-9-11-18(12-10-17)7-4-8-19(14-21)16-6-3-2-5-15(16)13-20/h2-3,5-6,14,20H,4,7-13H2,1H3. The summed E-state index contributed by atoms with van der Waals surface area (Å²) in [6, 6.07) is 7.51. The number of aliphatic hydroxyl groups is 1. The zero-order valence-corrected chi connectivity index (χ0v) is 12.7. The van der Waals surface area contributed by atoms with Crippen LogP contribution in [0.3, 0.4) is 0 Å². The molecule has 0 unspecified atom stereocenters. The van der Waals surface area contributed by atoms with Gasteiger partial charge in [-0.3, -0.25) is 4.79 Å². The van der Waals surface area contributed by atoms with Gasteiger partial charge in [-0.15, -0.1) is 0 Å². The van der Waals surface area contributed by atoms with Crippen LogP contribution in [0, 0.1) is 0 Å². The number of carbonyl (C=O) groups is 1. The summed E-state index contributed by atoms with van der Waals surface area (Å²) in [5.74, 6) is 0. The van der Waals surface area contributed by atoms with E-state index in [1.165, 1.54) is 0 Å². The molecule has 1 aliphatic rings. The van der Waals surface area contributed by atoms with Crippen molar-refractivity contribution in [2.24, 2.45) is 0 Å². The van der Waals surface area contributed by atoms with Gasteiger partial charge in [-0.1, -0.05) is 18.2 Å². The Hall–Kier alpha value is -1.43. The Labute approximate surface area is 126 Å². The summed E-state index contributed by atoms with van der Waals surface area (Å²) in [4.78, 5) is 17.8. The van der Waals surface area contributed by atoms with Gasteiger partial charge in [0.15, 0.2) is 0 Å². The quantitative estimate of drug-likeness (QED) is 0.754. The van der Waals surface area contributed by atoms with E-state index >= 15 is 0 Å². The number of nitrogens with zero attached hydrogens (tertiary/aromatic N) is 3.